The molecule has 7 heteroatoms. The summed E-state index contributed by atoms with van der Waals surface area (Å²) in [4.78, 5) is 0. The fourth-order valence-electron chi connectivity index (χ4n) is 2.15. The SMILES string of the molecule is COc1cc(CS(=O)(=O)Cc2ccc(F)c(OC)c2)ccc1F. The van der Waals surface area contributed by atoms with Crippen molar-refractivity contribution in [3.8, 4) is 11.5 Å². The zero-order chi connectivity index (χ0) is 17.0. The van der Waals surface area contributed by atoms with Crippen LogP contribution in [0.15, 0.2) is 36.4 Å². The lowest BCUT2D eigenvalue weighted by Gasteiger charge is -2.09. The van der Waals surface area contributed by atoms with Crippen LogP contribution in [0.3, 0.4) is 0 Å². The lowest BCUT2D eigenvalue weighted by Crippen LogP contribution is -2.08. The predicted octanol–water partition coefficient (Wildman–Crippen LogP) is 3.10. The number of ether oxygens (including phenoxy) is 2. The summed E-state index contributed by atoms with van der Waals surface area (Å²) >= 11 is 0. The summed E-state index contributed by atoms with van der Waals surface area (Å²) in [7, 11) is -0.905. The number of benzene rings is 2. The first kappa shape index (κ1) is 17.2. The first-order valence-corrected chi connectivity index (χ1v) is 8.52. The van der Waals surface area contributed by atoms with Gasteiger partial charge in [-0.15, -0.1) is 0 Å². The van der Waals surface area contributed by atoms with Gasteiger partial charge < -0.3 is 9.47 Å². The highest BCUT2D eigenvalue weighted by Gasteiger charge is 2.16. The molecule has 0 N–H and O–H groups in total. The number of hydrogen-bond acceptors (Lipinski definition) is 4. The largest absolute Gasteiger partial charge is 0.494 e. The van der Waals surface area contributed by atoms with E-state index in [1.165, 1.54) is 38.5 Å². The molecule has 0 bridgehead atoms. The monoisotopic (exact) mass is 342 g/mol. The summed E-state index contributed by atoms with van der Waals surface area (Å²) in [5.41, 5.74) is 0.828. The van der Waals surface area contributed by atoms with E-state index in [-0.39, 0.29) is 23.0 Å². The minimum Gasteiger partial charge on any atom is -0.494 e. The fraction of sp³-hybridized carbons (Fsp3) is 0.250. The van der Waals surface area contributed by atoms with E-state index < -0.39 is 21.5 Å². The smallest absolute Gasteiger partial charge is 0.165 e. The number of methoxy groups -OCH3 is 2. The maximum atomic E-state index is 13.3. The molecule has 0 fully saturated rings. The van der Waals surface area contributed by atoms with Crippen LogP contribution in [-0.2, 0) is 21.3 Å². The van der Waals surface area contributed by atoms with Crippen molar-refractivity contribution in [1.82, 2.24) is 0 Å². The van der Waals surface area contributed by atoms with Crippen LogP contribution in [-0.4, -0.2) is 22.6 Å². The van der Waals surface area contributed by atoms with Gasteiger partial charge in [0.25, 0.3) is 0 Å². The average Bonchev–Trinajstić information content (AvgIpc) is 2.50. The van der Waals surface area contributed by atoms with Crippen molar-refractivity contribution in [2.75, 3.05) is 14.2 Å². The lowest BCUT2D eigenvalue weighted by atomic mass is 10.2. The molecule has 124 valence electrons. The van der Waals surface area contributed by atoms with Gasteiger partial charge in [-0.1, -0.05) is 12.1 Å². The van der Waals surface area contributed by atoms with E-state index in [9.17, 15) is 17.2 Å². The molecular formula is C16H16F2O4S. The molecule has 2 rings (SSSR count). The Bertz CT molecular complexity index is 742. The topological polar surface area (TPSA) is 52.6 Å². The molecule has 0 aromatic heterocycles. The molecule has 2 aromatic carbocycles. The third-order valence-electron chi connectivity index (χ3n) is 3.20. The van der Waals surface area contributed by atoms with E-state index in [1.54, 1.807) is 0 Å². The van der Waals surface area contributed by atoms with Crippen molar-refractivity contribution in [3.63, 3.8) is 0 Å². The van der Waals surface area contributed by atoms with E-state index >= 15 is 0 Å². The predicted molar refractivity (Wildman–Crippen MR) is 82.2 cm³/mol. The Morgan fingerprint density at radius 1 is 0.826 bits per heavy atom. The molecule has 4 nitrogen and oxygen atoms in total. The second-order valence-electron chi connectivity index (χ2n) is 4.97. The van der Waals surface area contributed by atoms with E-state index in [4.69, 9.17) is 9.47 Å². The van der Waals surface area contributed by atoms with Crippen LogP contribution in [0.5, 0.6) is 11.5 Å². The molecule has 0 heterocycles. The van der Waals surface area contributed by atoms with Gasteiger partial charge in [0.05, 0.1) is 25.7 Å². The van der Waals surface area contributed by atoms with E-state index in [2.05, 4.69) is 0 Å². The molecule has 0 saturated heterocycles. The Kier molecular flexibility index (Phi) is 5.20. The van der Waals surface area contributed by atoms with Crippen LogP contribution in [0, 0.1) is 11.6 Å². The van der Waals surface area contributed by atoms with Crippen LogP contribution in [0.4, 0.5) is 8.78 Å². The molecule has 2 aromatic rings. The number of sulfone groups is 1. The van der Waals surface area contributed by atoms with Crippen LogP contribution < -0.4 is 9.47 Å². The van der Waals surface area contributed by atoms with Crippen molar-refractivity contribution in [3.05, 3.63) is 59.2 Å². The molecule has 0 saturated carbocycles. The van der Waals surface area contributed by atoms with Crippen LogP contribution in [0.2, 0.25) is 0 Å². The lowest BCUT2D eigenvalue weighted by molar-refractivity contribution is 0.386. The third-order valence-corrected chi connectivity index (χ3v) is 4.75. The van der Waals surface area contributed by atoms with Gasteiger partial charge in [0.15, 0.2) is 33.0 Å². The van der Waals surface area contributed by atoms with E-state index in [0.717, 1.165) is 12.1 Å². The zero-order valence-corrected chi connectivity index (χ0v) is 13.5. The van der Waals surface area contributed by atoms with Crippen molar-refractivity contribution in [2.24, 2.45) is 0 Å². The summed E-state index contributed by atoms with van der Waals surface area (Å²) in [5, 5.41) is 0. The highest BCUT2D eigenvalue weighted by Crippen LogP contribution is 2.23. The average molecular weight is 342 g/mol. The second-order valence-corrected chi connectivity index (χ2v) is 7.03. The second kappa shape index (κ2) is 6.95. The third kappa shape index (κ3) is 4.41. The number of hydrogen-bond donors (Lipinski definition) is 0. The van der Waals surface area contributed by atoms with Gasteiger partial charge in [0.2, 0.25) is 0 Å². The molecular weight excluding hydrogens is 326 g/mol. The number of rotatable bonds is 6. The normalized spacial score (nSPS) is 11.3. The van der Waals surface area contributed by atoms with Crippen molar-refractivity contribution in [1.29, 1.82) is 0 Å². The van der Waals surface area contributed by atoms with Crippen molar-refractivity contribution >= 4 is 9.84 Å². The molecule has 23 heavy (non-hydrogen) atoms. The van der Waals surface area contributed by atoms with Crippen LogP contribution in [0.1, 0.15) is 11.1 Å². The van der Waals surface area contributed by atoms with Gasteiger partial charge in [-0.05, 0) is 35.4 Å². The fourth-order valence-corrected chi connectivity index (χ4v) is 3.62. The van der Waals surface area contributed by atoms with Crippen LogP contribution >= 0.6 is 0 Å². The van der Waals surface area contributed by atoms with Gasteiger partial charge in [-0.3, -0.25) is 0 Å². The summed E-state index contributed by atoms with van der Waals surface area (Å²) in [6, 6.07) is 7.78. The Labute approximate surface area is 133 Å². The Morgan fingerprint density at radius 2 is 1.22 bits per heavy atom. The molecule has 0 aliphatic carbocycles. The quantitative estimate of drug-likeness (QED) is 0.809. The Morgan fingerprint density at radius 3 is 1.57 bits per heavy atom. The highest BCUT2D eigenvalue weighted by atomic mass is 32.2. The Hall–Kier alpha value is -2.15. The minimum atomic E-state index is -3.52. The molecule has 0 radical (unpaired) electrons. The van der Waals surface area contributed by atoms with Gasteiger partial charge >= 0.3 is 0 Å². The molecule has 0 aliphatic heterocycles. The van der Waals surface area contributed by atoms with Gasteiger partial charge in [-0.25, -0.2) is 17.2 Å². The summed E-state index contributed by atoms with van der Waals surface area (Å²) in [6.07, 6.45) is 0. The van der Waals surface area contributed by atoms with Crippen molar-refractivity contribution < 1.29 is 26.7 Å². The molecule has 0 amide bonds. The van der Waals surface area contributed by atoms with Crippen molar-refractivity contribution in [2.45, 2.75) is 11.5 Å². The van der Waals surface area contributed by atoms with Crippen LogP contribution in [0.25, 0.3) is 0 Å². The maximum absolute atomic E-state index is 13.3. The summed E-state index contributed by atoms with van der Waals surface area (Å²) in [6.45, 7) is 0. The van der Waals surface area contributed by atoms with Gasteiger partial charge in [0, 0.05) is 0 Å². The maximum Gasteiger partial charge on any atom is 0.165 e. The minimum absolute atomic E-state index is 0.0128. The van der Waals surface area contributed by atoms with E-state index in [0.29, 0.717) is 11.1 Å². The first-order valence-electron chi connectivity index (χ1n) is 6.70. The van der Waals surface area contributed by atoms with Gasteiger partial charge in [-0.2, -0.15) is 0 Å². The summed E-state index contributed by atoms with van der Waals surface area (Å²) < 4.78 is 60.9. The molecule has 0 aliphatic rings. The molecule has 0 unspecified atom stereocenters. The number of halogens is 2. The van der Waals surface area contributed by atoms with E-state index in [1.807, 2.05) is 0 Å². The Balaban J connectivity index is 2.19. The molecule has 0 spiro atoms. The zero-order valence-electron chi connectivity index (χ0n) is 12.7. The van der Waals surface area contributed by atoms with Gasteiger partial charge in [0.1, 0.15) is 0 Å². The first-order chi connectivity index (χ1) is 10.8. The summed E-state index contributed by atoms with van der Waals surface area (Å²) in [5.74, 6) is -1.69. The highest BCUT2D eigenvalue weighted by molar-refractivity contribution is 7.89. The molecule has 0 atom stereocenters. The standard InChI is InChI=1S/C16H16F2O4S/c1-21-15-7-11(3-5-13(15)17)9-23(19,20)10-12-4-6-14(18)16(8-12)22-2/h3-8H,9-10H2,1-2H3.